The average molecular weight is 459 g/mol. The molecule has 32 heavy (non-hydrogen) atoms. The molecule has 2 aromatic rings. The Morgan fingerprint density at radius 3 is 2.59 bits per heavy atom. The number of carbonyl (C=O) groups is 1. The zero-order valence-corrected chi connectivity index (χ0v) is 19.6. The van der Waals surface area contributed by atoms with Crippen LogP contribution in [0.1, 0.15) is 36.8 Å². The van der Waals surface area contributed by atoms with E-state index in [1.54, 1.807) is 7.11 Å². The van der Waals surface area contributed by atoms with Gasteiger partial charge in [-0.3, -0.25) is 4.79 Å². The highest BCUT2D eigenvalue weighted by molar-refractivity contribution is 7.89. The first kappa shape index (κ1) is 24.3. The fourth-order valence-electron chi connectivity index (χ4n) is 4.12. The molecule has 1 aliphatic rings. The van der Waals surface area contributed by atoms with Gasteiger partial charge in [0.25, 0.3) is 0 Å². The first-order chi connectivity index (χ1) is 15.5. The number of piperidine rings is 1. The number of hydrogen-bond acceptors (Lipinski definition) is 4. The van der Waals surface area contributed by atoms with E-state index < -0.39 is 10.0 Å². The van der Waals surface area contributed by atoms with Crippen LogP contribution in [0.4, 0.5) is 0 Å². The SMILES string of the molecule is COc1cccc(CCCNC(=O)[C@@H]2CCCN(S(=O)(=O)CCCc3ccccc3)C2)c1. The van der Waals surface area contributed by atoms with Gasteiger partial charge in [0.15, 0.2) is 0 Å². The summed E-state index contributed by atoms with van der Waals surface area (Å²) in [7, 11) is -1.70. The molecule has 0 aliphatic carbocycles. The Balaban J connectivity index is 1.41. The largest absolute Gasteiger partial charge is 0.497 e. The summed E-state index contributed by atoms with van der Waals surface area (Å²) in [6.07, 6.45) is 4.46. The number of benzene rings is 2. The zero-order valence-electron chi connectivity index (χ0n) is 18.8. The molecule has 0 bridgehead atoms. The second-order valence-electron chi connectivity index (χ2n) is 8.35. The fraction of sp³-hybridized carbons (Fsp3) is 0.480. The number of hydrogen-bond donors (Lipinski definition) is 1. The molecule has 1 saturated heterocycles. The highest BCUT2D eigenvalue weighted by atomic mass is 32.2. The lowest BCUT2D eigenvalue weighted by Crippen LogP contribution is -2.46. The summed E-state index contributed by atoms with van der Waals surface area (Å²) in [4.78, 5) is 12.6. The number of nitrogens with one attached hydrogen (secondary N) is 1. The van der Waals surface area contributed by atoms with Crippen LogP contribution < -0.4 is 10.1 Å². The summed E-state index contributed by atoms with van der Waals surface area (Å²) in [6, 6.07) is 17.8. The maximum absolute atomic E-state index is 12.8. The van der Waals surface area contributed by atoms with Gasteiger partial charge < -0.3 is 10.1 Å². The van der Waals surface area contributed by atoms with Crippen molar-refractivity contribution in [2.45, 2.75) is 38.5 Å². The maximum atomic E-state index is 12.8. The molecule has 1 heterocycles. The van der Waals surface area contributed by atoms with Gasteiger partial charge in [-0.2, -0.15) is 0 Å². The predicted octanol–water partition coefficient (Wildman–Crippen LogP) is 3.42. The van der Waals surface area contributed by atoms with Crippen molar-refractivity contribution < 1.29 is 17.9 Å². The van der Waals surface area contributed by atoms with Crippen molar-refractivity contribution in [2.75, 3.05) is 32.5 Å². The Morgan fingerprint density at radius 2 is 1.81 bits per heavy atom. The minimum Gasteiger partial charge on any atom is -0.497 e. The highest BCUT2D eigenvalue weighted by Gasteiger charge is 2.31. The molecular formula is C25H34N2O4S. The van der Waals surface area contributed by atoms with Gasteiger partial charge in [0.05, 0.1) is 18.8 Å². The summed E-state index contributed by atoms with van der Waals surface area (Å²) in [5.74, 6) is 0.639. The normalized spacial score (nSPS) is 17.1. The molecule has 6 nitrogen and oxygen atoms in total. The van der Waals surface area contributed by atoms with Gasteiger partial charge in [-0.05, 0) is 61.8 Å². The van der Waals surface area contributed by atoms with Gasteiger partial charge in [0.1, 0.15) is 5.75 Å². The molecular weight excluding hydrogens is 424 g/mol. The van der Waals surface area contributed by atoms with Crippen LogP contribution in [0, 0.1) is 5.92 Å². The van der Waals surface area contributed by atoms with E-state index in [1.807, 2.05) is 54.6 Å². The molecule has 1 amide bonds. The minimum absolute atomic E-state index is 0.0418. The highest BCUT2D eigenvalue weighted by Crippen LogP contribution is 2.21. The quantitative estimate of drug-likeness (QED) is 0.524. The van der Waals surface area contributed by atoms with E-state index in [-0.39, 0.29) is 24.1 Å². The van der Waals surface area contributed by atoms with Gasteiger partial charge in [0, 0.05) is 19.6 Å². The number of nitrogens with zero attached hydrogens (tertiary/aromatic N) is 1. The molecule has 0 aromatic heterocycles. The van der Waals surface area contributed by atoms with Gasteiger partial charge in [-0.1, -0.05) is 42.5 Å². The Morgan fingerprint density at radius 1 is 1.06 bits per heavy atom. The molecule has 0 spiro atoms. The molecule has 3 rings (SSSR count). The first-order valence-electron chi connectivity index (χ1n) is 11.4. The van der Waals surface area contributed by atoms with Crippen LogP contribution in [0.2, 0.25) is 0 Å². The fourth-order valence-corrected chi connectivity index (χ4v) is 5.70. The number of methoxy groups -OCH3 is 1. The average Bonchev–Trinajstić information content (AvgIpc) is 2.82. The Labute approximate surface area is 192 Å². The third kappa shape index (κ3) is 7.35. The maximum Gasteiger partial charge on any atom is 0.224 e. The molecule has 2 aromatic carbocycles. The van der Waals surface area contributed by atoms with Gasteiger partial charge >= 0.3 is 0 Å². The topological polar surface area (TPSA) is 75.7 Å². The second kappa shape index (κ2) is 12.0. The summed E-state index contributed by atoms with van der Waals surface area (Å²) in [6.45, 7) is 1.37. The van der Waals surface area contributed by atoms with Crippen molar-refractivity contribution in [3.8, 4) is 5.75 Å². The van der Waals surface area contributed by atoms with Gasteiger partial charge in [-0.25, -0.2) is 12.7 Å². The van der Waals surface area contributed by atoms with Crippen LogP contribution >= 0.6 is 0 Å². The molecule has 1 N–H and O–H groups in total. The van der Waals surface area contributed by atoms with Crippen molar-refractivity contribution in [3.63, 3.8) is 0 Å². The predicted molar refractivity (Wildman–Crippen MR) is 127 cm³/mol. The van der Waals surface area contributed by atoms with E-state index in [2.05, 4.69) is 5.32 Å². The van der Waals surface area contributed by atoms with Crippen LogP contribution in [0.25, 0.3) is 0 Å². The van der Waals surface area contributed by atoms with E-state index >= 15 is 0 Å². The molecule has 1 atom stereocenters. The third-order valence-electron chi connectivity index (χ3n) is 5.93. The zero-order chi connectivity index (χ0) is 22.8. The molecule has 0 unspecified atom stereocenters. The smallest absolute Gasteiger partial charge is 0.224 e. The summed E-state index contributed by atoms with van der Waals surface area (Å²) in [5, 5.41) is 3.00. The lowest BCUT2D eigenvalue weighted by Gasteiger charge is -2.31. The van der Waals surface area contributed by atoms with Crippen molar-refractivity contribution in [1.29, 1.82) is 0 Å². The molecule has 7 heteroatoms. The van der Waals surface area contributed by atoms with Crippen molar-refractivity contribution in [1.82, 2.24) is 9.62 Å². The van der Waals surface area contributed by atoms with Gasteiger partial charge in [0.2, 0.25) is 15.9 Å². The standard InChI is InChI=1S/C25H34N2O4S/c1-31-24-15-5-11-22(19-24)12-6-16-26-25(28)23-14-7-17-27(20-23)32(29,30)18-8-13-21-9-3-2-4-10-21/h2-5,9-11,15,19,23H,6-8,12-14,16-18,20H2,1H3,(H,26,28)/t23-/m1/s1. The molecule has 1 aliphatic heterocycles. The molecule has 174 valence electrons. The van der Waals surface area contributed by atoms with Gasteiger partial charge in [-0.15, -0.1) is 0 Å². The van der Waals surface area contributed by atoms with Crippen LogP contribution in [-0.2, 0) is 27.7 Å². The van der Waals surface area contributed by atoms with E-state index in [0.29, 0.717) is 19.5 Å². The van der Waals surface area contributed by atoms with E-state index in [1.165, 1.54) is 9.87 Å². The van der Waals surface area contributed by atoms with E-state index in [0.717, 1.165) is 43.4 Å². The molecule has 0 radical (unpaired) electrons. The van der Waals surface area contributed by atoms with Crippen LogP contribution in [0.15, 0.2) is 54.6 Å². The lowest BCUT2D eigenvalue weighted by molar-refractivity contribution is -0.126. The van der Waals surface area contributed by atoms with Crippen LogP contribution in [0.3, 0.4) is 0 Å². The number of ether oxygens (including phenoxy) is 1. The number of carbonyl (C=O) groups excluding carboxylic acids is 1. The summed E-state index contributed by atoms with van der Waals surface area (Å²) in [5.41, 5.74) is 2.32. The lowest BCUT2D eigenvalue weighted by atomic mass is 9.99. The first-order valence-corrected chi connectivity index (χ1v) is 13.0. The summed E-state index contributed by atoms with van der Waals surface area (Å²) >= 11 is 0. The number of sulfonamides is 1. The Kier molecular flexibility index (Phi) is 9.11. The third-order valence-corrected chi connectivity index (χ3v) is 7.86. The Hall–Kier alpha value is -2.38. The number of rotatable bonds is 11. The van der Waals surface area contributed by atoms with E-state index in [4.69, 9.17) is 4.74 Å². The van der Waals surface area contributed by atoms with Crippen molar-refractivity contribution in [3.05, 3.63) is 65.7 Å². The molecule has 1 fully saturated rings. The molecule has 0 saturated carbocycles. The van der Waals surface area contributed by atoms with Crippen molar-refractivity contribution >= 4 is 15.9 Å². The minimum atomic E-state index is -3.35. The van der Waals surface area contributed by atoms with Crippen LogP contribution in [0.5, 0.6) is 5.75 Å². The number of amides is 1. The monoisotopic (exact) mass is 458 g/mol. The van der Waals surface area contributed by atoms with E-state index in [9.17, 15) is 13.2 Å². The summed E-state index contributed by atoms with van der Waals surface area (Å²) < 4.78 is 32.4. The van der Waals surface area contributed by atoms with Crippen LogP contribution in [-0.4, -0.2) is 51.1 Å². The second-order valence-corrected chi connectivity index (χ2v) is 10.4. The van der Waals surface area contributed by atoms with Crippen molar-refractivity contribution in [2.24, 2.45) is 5.92 Å². The number of aryl methyl sites for hydroxylation is 2. The Bertz CT molecular complexity index is 963.